The van der Waals surface area contributed by atoms with Crippen molar-refractivity contribution >= 4 is 38.8 Å². The quantitative estimate of drug-likeness (QED) is 0.388. The number of halogens is 5. The summed E-state index contributed by atoms with van der Waals surface area (Å²) in [5, 5.41) is 4.85. The van der Waals surface area contributed by atoms with E-state index in [0.717, 1.165) is 49.3 Å². The summed E-state index contributed by atoms with van der Waals surface area (Å²) in [4.78, 5) is 37.0. The smallest absolute Gasteiger partial charge is 0.358 e. The van der Waals surface area contributed by atoms with Crippen LogP contribution in [0.4, 0.5) is 27.8 Å². The van der Waals surface area contributed by atoms with Crippen LogP contribution in [0.2, 0.25) is 0 Å². The van der Waals surface area contributed by atoms with Crippen LogP contribution in [0.5, 0.6) is 0 Å². The van der Waals surface area contributed by atoms with Crippen LogP contribution in [0.1, 0.15) is 83.6 Å². The summed E-state index contributed by atoms with van der Waals surface area (Å²) < 4.78 is 93.2. The third kappa shape index (κ3) is 6.22. The van der Waals surface area contributed by atoms with Crippen molar-refractivity contribution in [2.75, 3.05) is 16.8 Å². The van der Waals surface area contributed by atoms with Gasteiger partial charge in [0.25, 0.3) is 18.2 Å². The van der Waals surface area contributed by atoms with E-state index in [4.69, 9.17) is 0 Å². The third-order valence-electron chi connectivity index (χ3n) is 8.77. The first kappa shape index (κ1) is 30.2. The molecule has 0 radical (unpaired) electrons. The molecular formula is C27H30F5N5O4S2. The lowest BCUT2D eigenvalue weighted by Gasteiger charge is -2.23. The highest BCUT2D eigenvalue weighted by Crippen LogP contribution is 2.44. The van der Waals surface area contributed by atoms with E-state index in [1.165, 1.54) is 0 Å². The summed E-state index contributed by atoms with van der Waals surface area (Å²) >= 11 is 0.727. The molecule has 3 saturated heterocycles. The predicted octanol–water partition coefficient (Wildman–Crippen LogP) is 4.97. The Morgan fingerprint density at radius 3 is 2.19 bits per heavy atom. The number of hydrogen-bond donors (Lipinski definition) is 2. The standard InChI is InChI=1S/C27H30F5N5O4S2/c28-23(29)17-11-19(35-22(13-1-2-13)27(30,31)32)33-12-18(17)21-20(26(39)37-15-3-4-16(37)6-5-15)36-25(42-21)24(38)34-14-7-9-43(40,41)10-8-14/h11-16,22-23H,1-10H2,(H,33,35)(H,34,38)/t15-,16+,22-/m0/s1. The second-order valence-corrected chi connectivity index (χ2v) is 15.0. The highest BCUT2D eigenvalue weighted by Gasteiger charge is 2.49. The Balaban J connectivity index is 1.34. The van der Waals surface area contributed by atoms with Crippen molar-refractivity contribution in [2.45, 2.75) is 88.1 Å². The summed E-state index contributed by atoms with van der Waals surface area (Å²) in [6, 6.07) is -1.54. The van der Waals surface area contributed by atoms with Crippen molar-refractivity contribution in [1.82, 2.24) is 20.2 Å². The molecule has 0 aromatic carbocycles. The van der Waals surface area contributed by atoms with Crippen LogP contribution < -0.4 is 10.6 Å². The van der Waals surface area contributed by atoms with E-state index >= 15 is 0 Å². The molecule has 2 aromatic rings. The summed E-state index contributed by atoms with van der Waals surface area (Å²) in [6.07, 6.45) is -2.35. The van der Waals surface area contributed by atoms with Crippen LogP contribution >= 0.6 is 11.3 Å². The fraction of sp³-hybridized carbons (Fsp3) is 0.630. The van der Waals surface area contributed by atoms with Gasteiger partial charge in [0, 0.05) is 35.4 Å². The maximum atomic E-state index is 14.4. The molecule has 0 unspecified atom stereocenters. The third-order valence-corrected chi connectivity index (χ3v) is 11.6. The van der Waals surface area contributed by atoms with Crippen LogP contribution in [-0.4, -0.2) is 76.9 Å². The Morgan fingerprint density at radius 2 is 1.63 bits per heavy atom. The number of nitrogens with zero attached hydrogens (tertiary/aromatic N) is 3. The van der Waals surface area contributed by atoms with Gasteiger partial charge in [-0.2, -0.15) is 13.2 Å². The summed E-state index contributed by atoms with van der Waals surface area (Å²) in [5.41, 5.74) is -1.01. The van der Waals surface area contributed by atoms with Gasteiger partial charge in [-0.15, -0.1) is 11.3 Å². The van der Waals surface area contributed by atoms with Crippen LogP contribution in [-0.2, 0) is 9.84 Å². The van der Waals surface area contributed by atoms with Crippen molar-refractivity contribution in [3.8, 4) is 10.4 Å². The molecule has 1 saturated carbocycles. The number of fused-ring (bicyclic) bond motifs is 2. The number of carbonyl (C=O) groups is 2. The van der Waals surface area contributed by atoms with E-state index in [2.05, 4.69) is 20.6 Å². The summed E-state index contributed by atoms with van der Waals surface area (Å²) in [5.74, 6) is -2.35. The number of pyridine rings is 1. The molecule has 2 aromatic heterocycles. The van der Waals surface area contributed by atoms with Crippen LogP contribution in [0.25, 0.3) is 10.4 Å². The lowest BCUT2D eigenvalue weighted by atomic mass is 10.0. The van der Waals surface area contributed by atoms with Crippen LogP contribution in [0.15, 0.2) is 12.3 Å². The fourth-order valence-corrected chi connectivity index (χ4v) is 8.85. The van der Waals surface area contributed by atoms with Crippen LogP contribution in [0, 0.1) is 5.92 Å². The van der Waals surface area contributed by atoms with Gasteiger partial charge in [-0.25, -0.2) is 27.2 Å². The minimum absolute atomic E-state index is 0.0170. The van der Waals surface area contributed by atoms with Gasteiger partial charge in [0.2, 0.25) is 0 Å². The number of anilines is 1. The zero-order valence-electron chi connectivity index (χ0n) is 22.9. The molecule has 4 aliphatic rings. The van der Waals surface area contributed by atoms with Gasteiger partial charge in [-0.05, 0) is 63.4 Å². The number of nitrogens with one attached hydrogen (secondary N) is 2. The first-order valence-corrected chi connectivity index (χ1v) is 16.9. The lowest BCUT2D eigenvalue weighted by molar-refractivity contribution is -0.146. The molecule has 43 heavy (non-hydrogen) atoms. The highest BCUT2D eigenvalue weighted by molar-refractivity contribution is 7.91. The first-order valence-electron chi connectivity index (χ1n) is 14.3. The van der Waals surface area contributed by atoms with Crippen molar-refractivity contribution in [3.63, 3.8) is 0 Å². The highest BCUT2D eigenvalue weighted by atomic mass is 32.2. The van der Waals surface area contributed by atoms with Crippen molar-refractivity contribution < 1.29 is 40.0 Å². The Bertz CT molecular complexity index is 1490. The second kappa shape index (κ2) is 11.2. The number of aromatic nitrogens is 2. The molecule has 2 amide bonds. The minimum atomic E-state index is -4.59. The zero-order chi connectivity index (χ0) is 30.7. The van der Waals surface area contributed by atoms with E-state index in [1.54, 1.807) is 4.90 Å². The first-order chi connectivity index (χ1) is 20.3. The number of rotatable bonds is 8. The minimum Gasteiger partial charge on any atom is -0.358 e. The molecule has 3 aliphatic heterocycles. The number of alkyl halides is 5. The topological polar surface area (TPSA) is 121 Å². The SMILES string of the molecule is O=C(NC1CCS(=O)(=O)CC1)c1nc(C(=O)N2[C@H]3CC[C@@H]2CC3)c(-c2cnc(N[C@@H](C3CC3)C(F)(F)F)cc2C(F)F)s1. The van der Waals surface area contributed by atoms with Gasteiger partial charge >= 0.3 is 6.18 Å². The van der Waals surface area contributed by atoms with Crippen molar-refractivity contribution in [2.24, 2.45) is 5.92 Å². The zero-order valence-corrected chi connectivity index (χ0v) is 24.5. The van der Waals surface area contributed by atoms with Crippen LogP contribution in [0.3, 0.4) is 0 Å². The molecule has 6 rings (SSSR count). The molecule has 234 valence electrons. The predicted molar refractivity (Wildman–Crippen MR) is 148 cm³/mol. The van der Waals surface area contributed by atoms with Gasteiger partial charge in [-0.1, -0.05) is 0 Å². The molecule has 4 fully saturated rings. The van der Waals surface area contributed by atoms with E-state index in [9.17, 15) is 40.0 Å². The van der Waals surface area contributed by atoms with Crippen molar-refractivity contribution in [3.05, 3.63) is 28.5 Å². The van der Waals surface area contributed by atoms with Crippen molar-refractivity contribution in [1.29, 1.82) is 0 Å². The molecule has 9 nitrogen and oxygen atoms in total. The van der Waals surface area contributed by atoms with E-state index in [0.29, 0.717) is 12.8 Å². The Hall–Kier alpha value is -2.88. The van der Waals surface area contributed by atoms with E-state index < -0.39 is 57.8 Å². The summed E-state index contributed by atoms with van der Waals surface area (Å²) in [7, 11) is -3.17. The molecule has 2 N–H and O–H groups in total. The Kier molecular flexibility index (Phi) is 7.88. The molecule has 16 heteroatoms. The second-order valence-electron chi connectivity index (χ2n) is 11.7. The van der Waals surface area contributed by atoms with Gasteiger partial charge in [0.05, 0.1) is 16.4 Å². The summed E-state index contributed by atoms with van der Waals surface area (Å²) in [6.45, 7) is 0. The number of sulfone groups is 1. The molecular weight excluding hydrogens is 617 g/mol. The molecule has 2 bridgehead atoms. The Morgan fingerprint density at radius 1 is 1.00 bits per heavy atom. The Labute approximate surface area is 248 Å². The number of hydrogen-bond acceptors (Lipinski definition) is 8. The molecule has 1 atom stereocenters. The van der Waals surface area contributed by atoms with Gasteiger partial charge in [0.15, 0.2) is 5.01 Å². The molecule has 1 aliphatic carbocycles. The van der Waals surface area contributed by atoms with Gasteiger partial charge < -0.3 is 15.5 Å². The van der Waals surface area contributed by atoms with E-state index in [1.807, 2.05) is 0 Å². The largest absolute Gasteiger partial charge is 0.408 e. The number of carbonyl (C=O) groups excluding carboxylic acids is 2. The average Bonchev–Trinajstić information content (AvgIpc) is 3.37. The van der Waals surface area contributed by atoms with E-state index in [-0.39, 0.29) is 63.4 Å². The maximum absolute atomic E-state index is 14.4. The maximum Gasteiger partial charge on any atom is 0.408 e. The van der Waals surface area contributed by atoms with Gasteiger partial charge in [0.1, 0.15) is 27.4 Å². The monoisotopic (exact) mass is 647 g/mol. The lowest BCUT2D eigenvalue weighted by Crippen LogP contribution is -2.41. The average molecular weight is 648 g/mol. The molecule has 0 spiro atoms. The number of amides is 2. The molecule has 5 heterocycles. The normalized spacial score (nSPS) is 24.4. The fourth-order valence-electron chi connectivity index (χ4n) is 6.37. The van der Waals surface area contributed by atoms with Gasteiger partial charge in [-0.3, -0.25) is 9.59 Å². The number of thiazole rings is 1.